The number of nitrogens with zero attached hydrogens (tertiary/aromatic N) is 1. The molecule has 0 radical (unpaired) electrons. The lowest BCUT2D eigenvalue weighted by Crippen LogP contribution is -2.38. The lowest BCUT2D eigenvalue weighted by molar-refractivity contribution is -0.125. The number of carbonyl (C=O) groups is 1. The van der Waals surface area contributed by atoms with Crippen LogP contribution in [-0.4, -0.2) is 30.5 Å². The highest BCUT2D eigenvalue weighted by Gasteiger charge is 2.20. The van der Waals surface area contributed by atoms with Gasteiger partial charge in [-0.1, -0.05) is 0 Å². The van der Waals surface area contributed by atoms with Crippen LogP contribution in [0.3, 0.4) is 0 Å². The van der Waals surface area contributed by atoms with Crippen molar-refractivity contribution in [2.75, 3.05) is 19.6 Å². The average Bonchev–Trinajstić information content (AvgIpc) is 2.69. The molecule has 0 bridgehead atoms. The number of aryl methyl sites for hydroxylation is 2. The van der Waals surface area contributed by atoms with Crippen molar-refractivity contribution in [3.05, 3.63) is 15.6 Å². The van der Waals surface area contributed by atoms with Crippen LogP contribution in [0.15, 0.2) is 0 Å². The van der Waals surface area contributed by atoms with Crippen LogP contribution in [0.4, 0.5) is 0 Å². The standard InChI is InChI=1S/C13H21N3OS/c1-9-12(18-10(2)16-9)5-8-15-13(17)11-3-6-14-7-4-11/h11,14H,3-8H2,1-2H3,(H,15,17). The number of hydrogen-bond acceptors (Lipinski definition) is 4. The summed E-state index contributed by atoms with van der Waals surface area (Å²) in [5.41, 5.74) is 1.11. The van der Waals surface area contributed by atoms with Crippen LogP contribution >= 0.6 is 11.3 Å². The van der Waals surface area contributed by atoms with Gasteiger partial charge in [-0.25, -0.2) is 4.98 Å². The van der Waals surface area contributed by atoms with Gasteiger partial charge in [0.15, 0.2) is 0 Å². The zero-order valence-corrected chi connectivity index (χ0v) is 11.9. The summed E-state index contributed by atoms with van der Waals surface area (Å²) in [4.78, 5) is 17.6. The maximum atomic E-state index is 11.9. The van der Waals surface area contributed by atoms with Crippen LogP contribution in [0, 0.1) is 19.8 Å². The van der Waals surface area contributed by atoms with Crippen molar-refractivity contribution in [3.8, 4) is 0 Å². The van der Waals surface area contributed by atoms with Crippen molar-refractivity contribution < 1.29 is 4.79 Å². The Morgan fingerprint density at radius 1 is 1.44 bits per heavy atom. The van der Waals surface area contributed by atoms with E-state index in [0.717, 1.165) is 49.6 Å². The number of rotatable bonds is 4. The molecule has 1 aliphatic rings. The van der Waals surface area contributed by atoms with Crippen LogP contribution < -0.4 is 10.6 Å². The molecule has 1 saturated heterocycles. The van der Waals surface area contributed by atoms with E-state index in [-0.39, 0.29) is 11.8 Å². The molecular formula is C13H21N3OS. The van der Waals surface area contributed by atoms with E-state index < -0.39 is 0 Å². The highest BCUT2D eigenvalue weighted by atomic mass is 32.1. The molecular weight excluding hydrogens is 246 g/mol. The molecule has 100 valence electrons. The van der Waals surface area contributed by atoms with Gasteiger partial charge in [-0.15, -0.1) is 11.3 Å². The molecule has 1 fully saturated rings. The summed E-state index contributed by atoms with van der Waals surface area (Å²) < 4.78 is 0. The molecule has 4 nitrogen and oxygen atoms in total. The van der Waals surface area contributed by atoms with E-state index in [9.17, 15) is 4.79 Å². The lowest BCUT2D eigenvalue weighted by atomic mass is 9.97. The van der Waals surface area contributed by atoms with Crippen LogP contribution in [0.2, 0.25) is 0 Å². The fourth-order valence-electron chi connectivity index (χ4n) is 2.33. The number of piperidine rings is 1. The van der Waals surface area contributed by atoms with Crippen LogP contribution in [0.1, 0.15) is 28.4 Å². The Bertz CT molecular complexity index is 410. The highest BCUT2D eigenvalue weighted by molar-refractivity contribution is 7.11. The molecule has 5 heteroatoms. The predicted molar refractivity (Wildman–Crippen MR) is 73.9 cm³/mol. The molecule has 0 aromatic carbocycles. The van der Waals surface area contributed by atoms with Gasteiger partial charge in [0.1, 0.15) is 0 Å². The summed E-state index contributed by atoms with van der Waals surface area (Å²) in [7, 11) is 0. The van der Waals surface area contributed by atoms with Gasteiger partial charge < -0.3 is 10.6 Å². The fourth-order valence-corrected chi connectivity index (χ4v) is 3.27. The maximum absolute atomic E-state index is 11.9. The van der Waals surface area contributed by atoms with Gasteiger partial charge in [0, 0.05) is 23.8 Å². The van der Waals surface area contributed by atoms with Gasteiger partial charge in [0.2, 0.25) is 5.91 Å². The van der Waals surface area contributed by atoms with E-state index in [4.69, 9.17) is 0 Å². The van der Waals surface area contributed by atoms with Crippen molar-refractivity contribution in [2.24, 2.45) is 5.92 Å². The number of nitrogens with one attached hydrogen (secondary N) is 2. The average molecular weight is 267 g/mol. The Labute approximate surface area is 112 Å². The first-order valence-corrected chi connectivity index (χ1v) is 7.40. The van der Waals surface area contributed by atoms with Gasteiger partial charge >= 0.3 is 0 Å². The highest BCUT2D eigenvalue weighted by Crippen LogP contribution is 2.17. The third kappa shape index (κ3) is 3.53. The number of amides is 1. The zero-order chi connectivity index (χ0) is 13.0. The Hall–Kier alpha value is -0.940. The monoisotopic (exact) mass is 267 g/mol. The Morgan fingerprint density at radius 3 is 2.78 bits per heavy atom. The molecule has 0 spiro atoms. The van der Waals surface area contributed by atoms with E-state index in [1.54, 1.807) is 11.3 Å². The largest absolute Gasteiger partial charge is 0.355 e. The van der Waals surface area contributed by atoms with Crippen molar-refractivity contribution in [1.29, 1.82) is 0 Å². The van der Waals surface area contributed by atoms with E-state index in [0.29, 0.717) is 0 Å². The van der Waals surface area contributed by atoms with Crippen molar-refractivity contribution >= 4 is 17.2 Å². The lowest BCUT2D eigenvalue weighted by Gasteiger charge is -2.21. The Morgan fingerprint density at radius 2 is 2.17 bits per heavy atom. The summed E-state index contributed by atoms with van der Waals surface area (Å²) in [5, 5.41) is 7.43. The van der Waals surface area contributed by atoms with Gasteiger partial charge in [-0.05, 0) is 39.8 Å². The fraction of sp³-hybridized carbons (Fsp3) is 0.692. The van der Waals surface area contributed by atoms with Gasteiger partial charge in [0.25, 0.3) is 0 Å². The molecule has 18 heavy (non-hydrogen) atoms. The third-order valence-electron chi connectivity index (χ3n) is 3.36. The van der Waals surface area contributed by atoms with Gasteiger partial charge in [0.05, 0.1) is 10.7 Å². The van der Waals surface area contributed by atoms with Crippen molar-refractivity contribution in [1.82, 2.24) is 15.6 Å². The molecule has 1 aromatic heterocycles. The third-order valence-corrected chi connectivity index (χ3v) is 4.49. The first-order chi connectivity index (χ1) is 8.66. The van der Waals surface area contributed by atoms with E-state index in [1.165, 1.54) is 4.88 Å². The summed E-state index contributed by atoms with van der Waals surface area (Å²) in [6, 6.07) is 0. The van der Waals surface area contributed by atoms with E-state index in [2.05, 4.69) is 15.6 Å². The second kappa shape index (κ2) is 6.29. The molecule has 0 unspecified atom stereocenters. The zero-order valence-electron chi connectivity index (χ0n) is 11.1. The number of thiazole rings is 1. The minimum absolute atomic E-state index is 0.204. The SMILES string of the molecule is Cc1nc(C)c(CCNC(=O)C2CCNCC2)s1. The second-order valence-electron chi connectivity index (χ2n) is 4.81. The molecule has 0 saturated carbocycles. The Kier molecular flexibility index (Phi) is 4.72. The maximum Gasteiger partial charge on any atom is 0.223 e. The van der Waals surface area contributed by atoms with Crippen LogP contribution in [-0.2, 0) is 11.2 Å². The number of carbonyl (C=O) groups excluding carboxylic acids is 1. The molecule has 2 N–H and O–H groups in total. The molecule has 1 aliphatic heterocycles. The molecule has 0 aliphatic carbocycles. The topological polar surface area (TPSA) is 54.0 Å². The Balaban J connectivity index is 1.74. The predicted octanol–water partition coefficient (Wildman–Crippen LogP) is 1.42. The number of hydrogen-bond donors (Lipinski definition) is 2. The normalized spacial score (nSPS) is 16.8. The molecule has 0 atom stereocenters. The minimum Gasteiger partial charge on any atom is -0.355 e. The molecule has 1 aromatic rings. The molecule has 1 amide bonds. The van der Waals surface area contributed by atoms with Gasteiger partial charge in [-0.2, -0.15) is 0 Å². The second-order valence-corrected chi connectivity index (χ2v) is 6.09. The van der Waals surface area contributed by atoms with Gasteiger partial charge in [-0.3, -0.25) is 4.79 Å². The van der Waals surface area contributed by atoms with Crippen molar-refractivity contribution in [3.63, 3.8) is 0 Å². The van der Waals surface area contributed by atoms with Crippen LogP contribution in [0.5, 0.6) is 0 Å². The van der Waals surface area contributed by atoms with E-state index >= 15 is 0 Å². The quantitative estimate of drug-likeness (QED) is 0.867. The molecule has 2 rings (SSSR count). The summed E-state index contributed by atoms with van der Waals surface area (Å²) >= 11 is 1.73. The van der Waals surface area contributed by atoms with Crippen LogP contribution in [0.25, 0.3) is 0 Å². The summed E-state index contributed by atoms with van der Waals surface area (Å²) in [6.07, 6.45) is 2.82. The summed E-state index contributed by atoms with van der Waals surface area (Å²) in [6.45, 7) is 6.71. The minimum atomic E-state index is 0.204. The number of aromatic nitrogens is 1. The molecule has 2 heterocycles. The van der Waals surface area contributed by atoms with E-state index in [1.807, 2.05) is 13.8 Å². The smallest absolute Gasteiger partial charge is 0.223 e. The van der Waals surface area contributed by atoms with Crippen molar-refractivity contribution in [2.45, 2.75) is 33.1 Å². The first-order valence-electron chi connectivity index (χ1n) is 6.58. The first kappa shape index (κ1) is 13.5. The summed E-state index contributed by atoms with van der Waals surface area (Å²) in [5.74, 6) is 0.422.